The largest absolute Gasteiger partial charge is 0.420 e. The molecule has 9 heteroatoms. The van der Waals surface area contributed by atoms with E-state index in [1.807, 2.05) is 0 Å². The maximum Gasteiger partial charge on any atom is 0.269 e. The van der Waals surface area contributed by atoms with Crippen LogP contribution in [-0.4, -0.2) is 39.0 Å². The van der Waals surface area contributed by atoms with Gasteiger partial charge in [-0.1, -0.05) is 0 Å². The molecule has 1 atom stereocenters. The van der Waals surface area contributed by atoms with E-state index in [1.54, 1.807) is 17.0 Å². The first-order valence-electron chi connectivity index (χ1n) is 9.14. The summed E-state index contributed by atoms with van der Waals surface area (Å²) in [7, 11) is 0. The van der Waals surface area contributed by atoms with Crippen molar-refractivity contribution < 1.29 is 18.5 Å². The summed E-state index contributed by atoms with van der Waals surface area (Å²) < 4.78 is 18.8. The smallest absolute Gasteiger partial charge is 0.269 e. The number of piperidine rings is 1. The molecular weight excluding hydrogens is 379 g/mol. The van der Waals surface area contributed by atoms with Crippen molar-refractivity contribution in [2.75, 3.05) is 13.1 Å². The topological polar surface area (TPSA) is 102 Å². The maximum atomic E-state index is 13.1. The summed E-state index contributed by atoms with van der Waals surface area (Å²) in [5.41, 5.74) is 0.964. The molecule has 1 unspecified atom stereocenters. The third kappa shape index (κ3) is 3.98. The zero-order valence-electron chi connectivity index (χ0n) is 15.3. The number of nitrogens with zero attached hydrogens (tertiary/aromatic N) is 4. The standard InChI is InChI=1S/C20H17FN4O4/c21-16-7-3-13(4-8-16)18-22-23-19(29-18)15-2-1-11-24(12-15)20(26)14-5-9-17(10-6-14)25(27)28/h3-10,15H,1-2,11-12H2. The van der Waals surface area contributed by atoms with E-state index in [4.69, 9.17) is 4.42 Å². The van der Waals surface area contributed by atoms with Gasteiger partial charge < -0.3 is 9.32 Å². The van der Waals surface area contributed by atoms with Crippen LogP contribution in [0.15, 0.2) is 52.9 Å². The highest BCUT2D eigenvalue weighted by molar-refractivity contribution is 5.94. The van der Waals surface area contributed by atoms with E-state index in [1.165, 1.54) is 36.4 Å². The highest BCUT2D eigenvalue weighted by atomic mass is 19.1. The Hall–Kier alpha value is -3.62. The number of hydrogen-bond acceptors (Lipinski definition) is 6. The lowest BCUT2D eigenvalue weighted by Crippen LogP contribution is -2.39. The van der Waals surface area contributed by atoms with Crippen LogP contribution in [0.4, 0.5) is 10.1 Å². The fourth-order valence-electron chi connectivity index (χ4n) is 3.38. The van der Waals surface area contributed by atoms with Crippen molar-refractivity contribution in [1.82, 2.24) is 15.1 Å². The van der Waals surface area contributed by atoms with Crippen LogP contribution in [0.25, 0.3) is 11.5 Å². The van der Waals surface area contributed by atoms with Gasteiger partial charge in [0.2, 0.25) is 11.8 Å². The van der Waals surface area contributed by atoms with E-state index in [-0.39, 0.29) is 23.3 Å². The molecule has 0 saturated carbocycles. The van der Waals surface area contributed by atoms with E-state index >= 15 is 0 Å². The van der Waals surface area contributed by atoms with Crippen molar-refractivity contribution in [3.8, 4) is 11.5 Å². The normalized spacial score (nSPS) is 16.6. The molecule has 0 N–H and O–H groups in total. The van der Waals surface area contributed by atoms with Crippen molar-refractivity contribution in [3.63, 3.8) is 0 Å². The fourth-order valence-corrected chi connectivity index (χ4v) is 3.38. The minimum Gasteiger partial charge on any atom is -0.420 e. The van der Waals surface area contributed by atoms with E-state index in [9.17, 15) is 19.3 Å². The minimum atomic E-state index is -0.501. The number of amides is 1. The lowest BCUT2D eigenvalue weighted by molar-refractivity contribution is -0.384. The minimum absolute atomic E-state index is 0.0581. The summed E-state index contributed by atoms with van der Waals surface area (Å²) in [4.78, 5) is 24.7. The summed E-state index contributed by atoms with van der Waals surface area (Å²) in [6.07, 6.45) is 1.58. The van der Waals surface area contributed by atoms with Gasteiger partial charge in [0.05, 0.1) is 10.8 Å². The molecule has 1 fully saturated rings. The van der Waals surface area contributed by atoms with Gasteiger partial charge >= 0.3 is 0 Å². The first kappa shape index (κ1) is 18.7. The molecule has 148 valence electrons. The summed E-state index contributed by atoms with van der Waals surface area (Å²) >= 11 is 0. The molecule has 0 spiro atoms. The van der Waals surface area contributed by atoms with Gasteiger partial charge in [0, 0.05) is 36.3 Å². The van der Waals surface area contributed by atoms with Gasteiger partial charge in [-0.05, 0) is 49.2 Å². The summed E-state index contributed by atoms with van der Waals surface area (Å²) in [5, 5.41) is 18.9. The highest BCUT2D eigenvalue weighted by Crippen LogP contribution is 2.29. The van der Waals surface area contributed by atoms with E-state index in [2.05, 4.69) is 10.2 Å². The third-order valence-electron chi connectivity index (χ3n) is 4.91. The average Bonchev–Trinajstić information content (AvgIpc) is 3.24. The Morgan fingerprint density at radius 3 is 2.55 bits per heavy atom. The number of non-ortho nitro benzene ring substituents is 1. The molecule has 3 aromatic rings. The van der Waals surface area contributed by atoms with Crippen LogP contribution < -0.4 is 0 Å². The van der Waals surface area contributed by atoms with E-state index in [0.29, 0.717) is 36.0 Å². The third-order valence-corrected chi connectivity index (χ3v) is 4.91. The second kappa shape index (κ2) is 7.78. The molecule has 2 heterocycles. The second-order valence-corrected chi connectivity index (χ2v) is 6.85. The van der Waals surface area contributed by atoms with Gasteiger partial charge in [-0.2, -0.15) is 0 Å². The fraction of sp³-hybridized carbons (Fsp3) is 0.250. The number of carbonyl (C=O) groups excluding carboxylic acids is 1. The van der Waals surface area contributed by atoms with Gasteiger partial charge in [0.25, 0.3) is 11.6 Å². The molecule has 1 aliphatic rings. The zero-order chi connectivity index (χ0) is 20.4. The first-order chi connectivity index (χ1) is 14.0. The lowest BCUT2D eigenvalue weighted by Gasteiger charge is -2.31. The molecule has 8 nitrogen and oxygen atoms in total. The molecule has 0 radical (unpaired) electrons. The predicted octanol–water partition coefficient (Wildman–Crippen LogP) is 3.80. The number of benzene rings is 2. The Kier molecular flexibility index (Phi) is 5.03. The van der Waals surface area contributed by atoms with E-state index < -0.39 is 4.92 Å². The van der Waals surface area contributed by atoms with Crippen LogP contribution in [0.5, 0.6) is 0 Å². The van der Waals surface area contributed by atoms with Crippen molar-refractivity contribution in [3.05, 3.63) is 75.9 Å². The zero-order valence-corrected chi connectivity index (χ0v) is 15.3. The van der Waals surface area contributed by atoms with Crippen molar-refractivity contribution in [2.24, 2.45) is 0 Å². The average molecular weight is 396 g/mol. The molecule has 1 aromatic heterocycles. The van der Waals surface area contributed by atoms with Gasteiger partial charge in [-0.25, -0.2) is 4.39 Å². The predicted molar refractivity (Wildman–Crippen MR) is 101 cm³/mol. The molecule has 4 rings (SSSR count). The van der Waals surface area contributed by atoms with Gasteiger partial charge in [0.1, 0.15) is 5.82 Å². The van der Waals surface area contributed by atoms with Gasteiger partial charge in [-0.15, -0.1) is 10.2 Å². The molecule has 0 aliphatic carbocycles. The Labute approximate surface area is 165 Å². The summed E-state index contributed by atoms with van der Waals surface area (Å²) in [6, 6.07) is 11.3. The Morgan fingerprint density at radius 2 is 1.86 bits per heavy atom. The SMILES string of the molecule is O=C(c1ccc([N+](=O)[O-])cc1)N1CCCC(c2nnc(-c3ccc(F)cc3)o2)C1. The van der Waals surface area contributed by atoms with Crippen molar-refractivity contribution in [1.29, 1.82) is 0 Å². The van der Waals surface area contributed by atoms with Crippen molar-refractivity contribution >= 4 is 11.6 Å². The Balaban J connectivity index is 1.47. The number of nitro groups is 1. The van der Waals surface area contributed by atoms with Crippen LogP contribution in [0.1, 0.15) is 35.0 Å². The number of halogens is 1. The first-order valence-corrected chi connectivity index (χ1v) is 9.14. The van der Waals surface area contributed by atoms with E-state index in [0.717, 1.165) is 12.8 Å². The number of hydrogen-bond donors (Lipinski definition) is 0. The van der Waals surface area contributed by atoms with Crippen molar-refractivity contribution in [2.45, 2.75) is 18.8 Å². The van der Waals surface area contributed by atoms with Crippen LogP contribution in [0, 0.1) is 15.9 Å². The number of likely N-dealkylation sites (tertiary alicyclic amines) is 1. The summed E-state index contributed by atoms with van der Waals surface area (Å²) in [5.74, 6) is 0.0980. The Bertz CT molecular complexity index is 1030. The monoisotopic (exact) mass is 396 g/mol. The highest BCUT2D eigenvalue weighted by Gasteiger charge is 2.29. The molecule has 29 heavy (non-hydrogen) atoms. The van der Waals surface area contributed by atoms with Crippen LogP contribution in [-0.2, 0) is 0 Å². The molecule has 1 amide bonds. The molecule has 1 aliphatic heterocycles. The molecule has 0 bridgehead atoms. The van der Waals surface area contributed by atoms with Gasteiger partial charge in [-0.3, -0.25) is 14.9 Å². The lowest BCUT2D eigenvalue weighted by atomic mass is 9.97. The molecule has 1 saturated heterocycles. The van der Waals surface area contributed by atoms with Crippen LogP contribution in [0.2, 0.25) is 0 Å². The number of aromatic nitrogens is 2. The Morgan fingerprint density at radius 1 is 1.14 bits per heavy atom. The number of nitro benzene ring substituents is 1. The molecular formula is C20H17FN4O4. The van der Waals surface area contributed by atoms with Crippen LogP contribution in [0.3, 0.4) is 0 Å². The van der Waals surface area contributed by atoms with Gasteiger partial charge in [0.15, 0.2) is 0 Å². The maximum absolute atomic E-state index is 13.1. The van der Waals surface area contributed by atoms with Crippen LogP contribution >= 0.6 is 0 Å². The summed E-state index contributed by atoms with van der Waals surface area (Å²) in [6.45, 7) is 1.01. The number of carbonyl (C=O) groups is 1. The second-order valence-electron chi connectivity index (χ2n) is 6.85. The quantitative estimate of drug-likeness (QED) is 0.491. The molecule has 2 aromatic carbocycles. The number of rotatable bonds is 4.